The van der Waals surface area contributed by atoms with Crippen LogP contribution in [0.15, 0.2) is 24.3 Å². The van der Waals surface area contributed by atoms with Gasteiger partial charge in [-0.05, 0) is 50.5 Å². The number of hydrogen-bond acceptors (Lipinski definition) is 4. The van der Waals surface area contributed by atoms with Crippen LogP contribution in [-0.4, -0.2) is 50.7 Å². The van der Waals surface area contributed by atoms with Gasteiger partial charge in [0.2, 0.25) is 15.9 Å². The second kappa shape index (κ2) is 6.39. The van der Waals surface area contributed by atoms with Crippen molar-refractivity contribution in [2.45, 2.75) is 32.2 Å². The number of carbonyl (C=O) groups excluding carboxylic acids is 1. The normalized spacial score (nSPS) is 21.4. The fraction of sp³-hybridized carbons (Fsp3) is 0.562. The molecule has 1 atom stereocenters. The predicted octanol–water partition coefficient (Wildman–Crippen LogP) is 1.65. The predicted molar refractivity (Wildman–Crippen MR) is 91.1 cm³/mol. The van der Waals surface area contributed by atoms with Gasteiger partial charge in [0.05, 0.1) is 11.4 Å². The molecular formula is C16H23N3O3S. The van der Waals surface area contributed by atoms with Gasteiger partial charge in [0.1, 0.15) is 6.04 Å². The molecule has 2 aliphatic rings. The van der Waals surface area contributed by atoms with Crippen LogP contribution in [0.5, 0.6) is 0 Å². The molecular weight excluding hydrogens is 314 g/mol. The maximum atomic E-state index is 12.3. The highest BCUT2D eigenvalue weighted by Crippen LogP contribution is 2.25. The number of amides is 1. The van der Waals surface area contributed by atoms with Crippen LogP contribution >= 0.6 is 0 Å². The molecule has 126 valence electrons. The first-order valence-electron chi connectivity index (χ1n) is 8.13. The second-order valence-corrected chi connectivity index (χ2v) is 8.20. The quantitative estimate of drug-likeness (QED) is 0.907. The third-order valence-corrected chi connectivity index (χ3v) is 6.30. The van der Waals surface area contributed by atoms with Crippen molar-refractivity contribution >= 4 is 27.3 Å². The summed E-state index contributed by atoms with van der Waals surface area (Å²) in [5, 5.41) is 3.20. The molecule has 1 N–H and O–H groups in total. The molecule has 7 heteroatoms. The first-order valence-corrected chi connectivity index (χ1v) is 9.74. The van der Waals surface area contributed by atoms with Gasteiger partial charge in [0, 0.05) is 25.3 Å². The lowest BCUT2D eigenvalue weighted by molar-refractivity contribution is -0.130. The molecule has 1 aromatic rings. The Morgan fingerprint density at radius 1 is 1.09 bits per heavy atom. The third-order valence-electron chi connectivity index (χ3n) is 4.43. The molecule has 0 radical (unpaired) electrons. The number of carbonyl (C=O) groups is 1. The van der Waals surface area contributed by atoms with Gasteiger partial charge in [-0.2, -0.15) is 0 Å². The summed E-state index contributed by atoms with van der Waals surface area (Å²) in [7, 11) is -3.15. The van der Waals surface area contributed by atoms with Gasteiger partial charge in [-0.15, -0.1) is 0 Å². The summed E-state index contributed by atoms with van der Waals surface area (Å²) >= 11 is 0. The Morgan fingerprint density at radius 3 is 2.30 bits per heavy atom. The van der Waals surface area contributed by atoms with E-state index >= 15 is 0 Å². The highest BCUT2D eigenvalue weighted by molar-refractivity contribution is 7.93. The van der Waals surface area contributed by atoms with E-state index in [9.17, 15) is 13.2 Å². The van der Waals surface area contributed by atoms with E-state index in [4.69, 9.17) is 0 Å². The zero-order valence-electron chi connectivity index (χ0n) is 13.4. The van der Waals surface area contributed by atoms with Gasteiger partial charge in [-0.25, -0.2) is 8.42 Å². The molecule has 0 bridgehead atoms. The lowest BCUT2D eigenvalue weighted by atomic mass is 10.2. The molecule has 0 aromatic heterocycles. The molecule has 6 nitrogen and oxygen atoms in total. The summed E-state index contributed by atoms with van der Waals surface area (Å²) < 4.78 is 25.3. The molecule has 1 aromatic carbocycles. The average molecular weight is 337 g/mol. The minimum Gasteiger partial charge on any atom is -0.374 e. The van der Waals surface area contributed by atoms with Crippen LogP contribution in [-0.2, 0) is 14.8 Å². The Morgan fingerprint density at radius 2 is 1.74 bits per heavy atom. The molecule has 1 amide bonds. The molecule has 0 spiro atoms. The molecule has 2 heterocycles. The van der Waals surface area contributed by atoms with E-state index in [-0.39, 0.29) is 17.7 Å². The fourth-order valence-electron chi connectivity index (χ4n) is 3.18. The fourth-order valence-corrected chi connectivity index (χ4v) is 4.74. The van der Waals surface area contributed by atoms with Gasteiger partial charge in [-0.3, -0.25) is 9.10 Å². The van der Waals surface area contributed by atoms with Crippen LogP contribution in [0.1, 0.15) is 26.2 Å². The van der Waals surface area contributed by atoms with Crippen LogP contribution in [0.2, 0.25) is 0 Å². The minimum absolute atomic E-state index is 0.119. The molecule has 23 heavy (non-hydrogen) atoms. The average Bonchev–Trinajstić information content (AvgIpc) is 3.16. The highest BCUT2D eigenvalue weighted by atomic mass is 32.2. The van der Waals surface area contributed by atoms with E-state index < -0.39 is 10.0 Å². The van der Waals surface area contributed by atoms with Crippen molar-refractivity contribution in [3.8, 4) is 0 Å². The van der Waals surface area contributed by atoms with E-state index in [1.807, 2.05) is 24.0 Å². The molecule has 2 fully saturated rings. The van der Waals surface area contributed by atoms with Crippen molar-refractivity contribution in [2.75, 3.05) is 35.0 Å². The summed E-state index contributed by atoms with van der Waals surface area (Å²) in [6, 6.07) is 6.96. The Hall–Kier alpha value is -1.76. The molecule has 0 aliphatic carbocycles. The number of hydrogen-bond donors (Lipinski definition) is 1. The number of anilines is 2. The largest absolute Gasteiger partial charge is 0.374 e. The monoisotopic (exact) mass is 337 g/mol. The van der Waals surface area contributed by atoms with Crippen LogP contribution in [0.3, 0.4) is 0 Å². The summed E-state index contributed by atoms with van der Waals surface area (Å²) in [6.45, 7) is 4.09. The van der Waals surface area contributed by atoms with Crippen LogP contribution in [0.4, 0.5) is 11.4 Å². The maximum Gasteiger partial charge on any atom is 0.244 e. The van der Waals surface area contributed by atoms with Gasteiger partial charge in [-0.1, -0.05) is 0 Å². The number of benzene rings is 1. The first kappa shape index (κ1) is 16.1. The van der Waals surface area contributed by atoms with Gasteiger partial charge < -0.3 is 10.2 Å². The van der Waals surface area contributed by atoms with Gasteiger partial charge in [0.25, 0.3) is 0 Å². The number of rotatable bonds is 4. The van der Waals surface area contributed by atoms with E-state index in [0.717, 1.165) is 31.6 Å². The molecule has 1 unspecified atom stereocenters. The standard InChI is InChI=1S/C16H23N3O3S/c1-13(16(20)18-9-2-3-10-18)17-14-5-7-15(8-6-14)19-11-4-12-23(19,21)22/h5-8,13,17H,2-4,9-12H2,1H3. The zero-order valence-corrected chi connectivity index (χ0v) is 14.2. The Balaban J connectivity index is 1.64. The van der Waals surface area contributed by atoms with Crippen LogP contribution < -0.4 is 9.62 Å². The van der Waals surface area contributed by atoms with Crippen molar-refractivity contribution in [3.63, 3.8) is 0 Å². The van der Waals surface area contributed by atoms with E-state index in [2.05, 4.69) is 5.32 Å². The molecule has 3 rings (SSSR count). The number of likely N-dealkylation sites (tertiary alicyclic amines) is 1. The Labute approximate surface area is 137 Å². The van der Waals surface area contributed by atoms with Crippen molar-refractivity contribution in [1.82, 2.24) is 4.90 Å². The molecule has 0 saturated carbocycles. The maximum absolute atomic E-state index is 12.3. The smallest absolute Gasteiger partial charge is 0.244 e. The van der Waals surface area contributed by atoms with Gasteiger partial charge in [0.15, 0.2) is 0 Å². The lowest BCUT2D eigenvalue weighted by Crippen LogP contribution is -2.39. The van der Waals surface area contributed by atoms with Crippen molar-refractivity contribution in [3.05, 3.63) is 24.3 Å². The van der Waals surface area contributed by atoms with Crippen molar-refractivity contribution in [2.24, 2.45) is 0 Å². The SMILES string of the molecule is CC(Nc1ccc(N2CCCS2(=O)=O)cc1)C(=O)N1CCCC1. The first-order chi connectivity index (χ1) is 11.0. The van der Waals surface area contributed by atoms with E-state index in [1.54, 1.807) is 12.1 Å². The van der Waals surface area contributed by atoms with Crippen molar-refractivity contribution < 1.29 is 13.2 Å². The Kier molecular flexibility index (Phi) is 4.48. The number of nitrogens with one attached hydrogen (secondary N) is 1. The zero-order chi connectivity index (χ0) is 16.4. The number of sulfonamides is 1. The van der Waals surface area contributed by atoms with Gasteiger partial charge >= 0.3 is 0 Å². The summed E-state index contributed by atoms with van der Waals surface area (Å²) in [5.41, 5.74) is 1.51. The summed E-state index contributed by atoms with van der Waals surface area (Å²) in [6.07, 6.45) is 2.83. The summed E-state index contributed by atoms with van der Waals surface area (Å²) in [4.78, 5) is 14.2. The third kappa shape index (κ3) is 3.44. The van der Waals surface area contributed by atoms with E-state index in [1.165, 1.54) is 4.31 Å². The molecule has 2 saturated heterocycles. The van der Waals surface area contributed by atoms with E-state index in [0.29, 0.717) is 18.7 Å². The topological polar surface area (TPSA) is 69.7 Å². The van der Waals surface area contributed by atoms with Crippen molar-refractivity contribution in [1.29, 1.82) is 0 Å². The highest BCUT2D eigenvalue weighted by Gasteiger charge is 2.28. The minimum atomic E-state index is -3.15. The summed E-state index contributed by atoms with van der Waals surface area (Å²) in [5.74, 6) is 0.336. The van der Waals surface area contributed by atoms with Crippen LogP contribution in [0.25, 0.3) is 0 Å². The number of nitrogens with zero attached hydrogens (tertiary/aromatic N) is 2. The van der Waals surface area contributed by atoms with Crippen LogP contribution in [0, 0.1) is 0 Å². The lowest BCUT2D eigenvalue weighted by Gasteiger charge is -2.22. The Bertz CT molecular complexity index is 666. The molecule has 2 aliphatic heterocycles. The second-order valence-electron chi connectivity index (χ2n) is 6.19.